The van der Waals surface area contributed by atoms with Crippen molar-refractivity contribution in [2.24, 2.45) is 0 Å². The number of halogens is 1. The topological polar surface area (TPSA) is 125 Å². The van der Waals surface area contributed by atoms with E-state index in [2.05, 4.69) is 10.6 Å². The molecular formula is C22H23ClN4O6S. The normalized spacial score (nSPS) is 21.4. The van der Waals surface area contributed by atoms with Crippen molar-refractivity contribution in [1.29, 1.82) is 0 Å². The highest BCUT2D eigenvalue weighted by Gasteiger charge is 2.49. The van der Waals surface area contributed by atoms with E-state index in [4.69, 9.17) is 16.3 Å². The lowest BCUT2D eigenvalue weighted by molar-refractivity contribution is -0.133. The van der Waals surface area contributed by atoms with Crippen LogP contribution in [0.1, 0.15) is 12.5 Å². The van der Waals surface area contributed by atoms with Gasteiger partial charge >= 0.3 is 6.03 Å². The van der Waals surface area contributed by atoms with Crippen LogP contribution in [0.5, 0.6) is 0 Å². The van der Waals surface area contributed by atoms with Crippen LogP contribution >= 0.6 is 11.6 Å². The number of hydrogen-bond acceptors (Lipinski definition) is 6. The molecule has 0 saturated carbocycles. The first-order valence-corrected chi connectivity index (χ1v) is 12.3. The summed E-state index contributed by atoms with van der Waals surface area (Å²) in [5, 5.41) is 5.25. The maximum absolute atomic E-state index is 13.0. The Bertz CT molecular complexity index is 1230. The molecule has 1 atom stereocenters. The molecule has 0 bridgehead atoms. The van der Waals surface area contributed by atoms with Gasteiger partial charge in [0.05, 0.1) is 28.8 Å². The lowest BCUT2D eigenvalue weighted by Crippen LogP contribution is -2.42. The van der Waals surface area contributed by atoms with Crippen molar-refractivity contribution in [2.45, 2.75) is 17.4 Å². The molecule has 2 heterocycles. The molecule has 2 aromatic rings. The number of sulfonamides is 1. The van der Waals surface area contributed by atoms with Crippen molar-refractivity contribution in [3.05, 3.63) is 59.1 Å². The van der Waals surface area contributed by atoms with Gasteiger partial charge in [0, 0.05) is 13.1 Å². The number of nitrogens with one attached hydrogen (secondary N) is 2. The first-order valence-electron chi connectivity index (χ1n) is 10.5. The molecule has 0 aliphatic carbocycles. The minimum Gasteiger partial charge on any atom is -0.379 e. The zero-order valence-electron chi connectivity index (χ0n) is 18.3. The van der Waals surface area contributed by atoms with E-state index in [1.807, 2.05) is 0 Å². The molecule has 0 radical (unpaired) electrons. The quantitative estimate of drug-likeness (QED) is 0.575. The van der Waals surface area contributed by atoms with Crippen LogP contribution < -0.4 is 10.6 Å². The summed E-state index contributed by atoms with van der Waals surface area (Å²) in [6.07, 6.45) is 0. The number of amides is 4. The fourth-order valence-electron chi connectivity index (χ4n) is 3.84. The first kappa shape index (κ1) is 24.1. The summed E-state index contributed by atoms with van der Waals surface area (Å²) in [5.41, 5.74) is -0.665. The lowest BCUT2D eigenvalue weighted by Gasteiger charge is -2.26. The molecule has 2 aliphatic rings. The number of hydrogen-bond donors (Lipinski definition) is 2. The number of morpholine rings is 1. The third kappa shape index (κ3) is 4.51. The Balaban J connectivity index is 1.50. The summed E-state index contributed by atoms with van der Waals surface area (Å²) >= 11 is 6.17. The minimum atomic E-state index is -3.81. The van der Waals surface area contributed by atoms with Gasteiger partial charge in [-0.25, -0.2) is 13.2 Å². The van der Waals surface area contributed by atoms with Crippen molar-refractivity contribution >= 4 is 45.2 Å². The smallest absolute Gasteiger partial charge is 0.325 e. The molecule has 2 N–H and O–H groups in total. The van der Waals surface area contributed by atoms with Gasteiger partial charge in [0.15, 0.2) is 0 Å². The highest BCUT2D eigenvalue weighted by Crippen LogP contribution is 2.30. The Kier molecular flexibility index (Phi) is 6.63. The zero-order chi connectivity index (χ0) is 24.5. The summed E-state index contributed by atoms with van der Waals surface area (Å²) < 4.78 is 32.3. The maximum Gasteiger partial charge on any atom is 0.325 e. The summed E-state index contributed by atoms with van der Waals surface area (Å²) in [6.45, 7) is 2.04. The van der Waals surface area contributed by atoms with Crippen LogP contribution in [0.2, 0.25) is 5.02 Å². The SMILES string of the molecule is C[C@]1(c2ccccc2)NC(=O)N(CC(=O)Nc2cc(S(=O)(=O)N3CCOCC3)ccc2Cl)C1=O. The van der Waals surface area contributed by atoms with E-state index in [-0.39, 0.29) is 28.7 Å². The second-order valence-electron chi connectivity index (χ2n) is 8.02. The van der Waals surface area contributed by atoms with Gasteiger partial charge in [-0.2, -0.15) is 4.31 Å². The molecule has 12 heteroatoms. The number of carbonyl (C=O) groups excluding carboxylic acids is 3. The van der Waals surface area contributed by atoms with Crippen LogP contribution in [0.3, 0.4) is 0 Å². The summed E-state index contributed by atoms with van der Waals surface area (Å²) in [7, 11) is -3.81. The number of carbonyl (C=O) groups is 3. The van der Waals surface area contributed by atoms with Crippen molar-refractivity contribution in [3.8, 4) is 0 Å². The molecule has 0 aromatic heterocycles. The molecule has 2 aromatic carbocycles. The average Bonchev–Trinajstić information content (AvgIpc) is 3.05. The van der Waals surface area contributed by atoms with Gasteiger partial charge in [0.1, 0.15) is 12.1 Å². The van der Waals surface area contributed by atoms with E-state index in [1.54, 1.807) is 37.3 Å². The number of nitrogens with zero attached hydrogens (tertiary/aromatic N) is 2. The molecule has 34 heavy (non-hydrogen) atoms. The fraction of sp³-hybridized carbons (Fsp3) is 0.318. The molecule has 2 saturated heterocycles. The second-order valence-corrected chi connectivity index (χ2v) is 10.4. The zero-order valence-corrected chi connectivity index (χ0v) is 19.9. The van der Waals surface area contributed by atoms with E-state index < -0.39 is 40.0 Å². The molecule has 0 unspecified atom stereocenters. The molecule has 2 aliphatic heterocycles. The maximum atomic E-state index is 13.0. The van der Waals surface area contributed by atoms with Gasteiger partial charge in [-0.1, -0.05) is 41.9 Å². The summed E-state index contributed by atoms with van der Waals surface area (Å²) in [4.78, 5) is 38.9. The van der Waals surface area contributed by atoms with Crippen LogP contribution in [-0.2, 0) is 29.9 Å². The molecule has 0 spiro atoms. The Hall–Kier alpha value is -2.99. The third-order valence-corrected chi connectivity index (χ3v) is 7.97. The Morgan fingerprint density at radius 1 is 1.15 bits per heavy atom. The number of anilines is 1. The molecule has 4 rings (SSSR count). The van der Waals surface area contributed by atoms with Gasteiger partial charge in [-0.05, 0) is 30.7 Å². The van der Waals surface area contributed by atoms with Crippen LogP contribution in [0.25, 0.3) is 0 Å². The molecule has 2 fully saturated rings. The average molecular weight is 507 g/mol. The van der Waals surface area contributed by atoms with E-state index in [0.717, 1.165) is 4.90 Å². The summed E-state index contributed by atoms with van der Waals surface area (Å²) in [6, 6.07) is 12.0. The standard InChI is InChI=1S/C22H23ClN4O6S/c1-22(15-5-3-2-4-6-15)20(29)27(21(30)25-22)14-19(28)24-18-13-16(7-8-17(18)23)34(31,32)26-9-11-33-12-10-26/h2-8,13H,9-12,14H2,1H3,(H,24,28)(H,25,30)/t22-/m1/s1. The van der Waals surface area contributed by atoms with Crippen molar-refractivity contribution in [2.75, 3.05) is 38.2 Å². The highest BCUT2D eigenvalue weighted by atomic mass is 35.5. The Labute approximate surface area is 201 Å². The van der Waals surface area contributed by atoms with E-state index in [9.17, 15) is 22.8 Å². The van der Waals surface area contributed by atoms with Gasteiger partial charge in [0.2, 0.25) is 15.9 Å². The first-order chi connectivity index (χ1) is 16.1. The van der Waals surface area contributed by atoms with Crippen molar-refractivity contribution in [1.82, 2.24) is 14.5 Å². The fourth-order valence-corrected chi connectivity index (χ4v) is 5.44. The van der Waals surface area contributed by atoms with Gasteiger partial charge in [-0.15, -0.1) is 0 Å². The lowest BCUT2D eigenvalue weighted by atomic mass is 9.92. The Morgan fingerprint density at radius 3 is 2.50 bits per heavy atom. The predicted octanol–water partition coefficient (Wildman–Crippen LogP) is 1.77. The Morgan fingerprint density at radius 2 is 1.82 bits per heavy atom. The van der Waals surface area contributed by atoms with E-state index in [0.29, 0.717) is 18.8 Å². The van der Waals surface area contributed by atoms with Crippen molar-refractivity contribution in [3.63, 3.8) is 0 Å². The number of rotatable bonds is 6. The number of benzene rings is 2. The van der Waals surface area contributed by atoms with Crippen LogP contribution in [0, 0.1) is 0 Å². The number of ether oxygens (including phenoxy) is 1. The van der Waals surface area contributed by atoms with E-state index >= 15 is 0 Å². The molecular weight excluding hydrogens is 484 g/mol. The van der Waals surface area contributed by atoms with Crippen LogP contribution in [-0.4, -0.2) is 68.3 Å². The van der Waals surface area contributed by atoms with Crippen LogP contribution in [0.4, 0.5) is 10.5 Å². The van der Waals surface area contributed by atoms with E-state index in [1.165, 1.54) is 22.5 Å². The summed E-state index contributed by atoms with van der Waals surface area (Å²) in [5.74, 6) is -1.28. The molecule has 4 amide bonds. The third-order valence-electron chi connectivity index (χ3n) is 5.75. The number of urea groups is 1. The molecule has 180 valence electrons. The van der Waals surface area contributed by atoms with Gasteiger partial charge in [0.25, 0.3) is 5.91 Å². The minimum absolute atomic E-state index is 0.0410. The highest BCUT2D eigenvalue weighted by molar-refractivity contribution is 7.89. The van der Waals surface area contributed by atoms with Gasteiger partial charge in [-0.3, -0.25) is 14.5 Å². The van der Waals surface area contributed by atoms with Crippen LogP contribution in [0.15, 0.2) is 53.4 Å². The van der Waals surface area contributed by atoms with Gasteiger partial charge < -0.3 is 15.4 Å². The second kappa shape index (κ2) is 9.34. The largest absolute Gasteiger partial charge is 0.379 e. The monoisotopic (exact) mass is 506 g/mol. The van der Waals surface area contributed by atoms with Crippen molar-refractivity contribution < 1.29 is 27.5 Å². The number of imide groups is 1. The molecule has 10 nitrogen and oxygen atoms in total. The predicted molar refractivity (Wildman–Crippen MR) is 124 cm³/mol.